The fourth-order valence-electron chi connectivity index (χ4n) is 2.87. The highest BCUT2D eigenvalue weighted by molar-refractivity contribution is 6.21. The third-order valence-corrected chi connectivity index (χ3v) is 4.15. The predicted octanol–water partition coefficient (Wildman–Crippen LogP) is 2.59. The van der Waals surface area contributed by atoms with Gasteiger partial charge in [0.1, 0.15) is 5.60 Å². The number of carbonyl (C=O) groups excluding carboxylic acids is 3. The first-order valence-corrected chi connectivity index (χ1v) is 8.21. The number of amides is 3. The largest absolute Gasteiger partial charge is 0.444 e. The third-order valence-electron chi connectivity index (χ3n) is 4.15. The minimum atomic E-state index is -0.590. The fourth-order valence-corrected chi connectivity index (χ4v) is 2.87. The SMILES string of the molecule is CC(C)(C)OC(=O)N[C@@H](CN1C(=O)c2ccccc2C1=O)C1CC1. The Kier molecular flexibility index (Phi) is 4.07. The number of ether oxygens (including phenoxy) is 1. The zero-order valence-electron chi connectivity index (χ0n) is 14.2. The summed E-state index contributed by atoms with van der Waals surface area (Å²) in [6.45, 7) is 5.56. The lowest BCUT2D eigenvalue weighted by Crippen LogP contribution is -2.48. The number of fused-ring (bicyclic) bond motifs is 1. The molecule has 1 atom stereocenters. The van der Waals surface area contributed by atoms with Crippen molar-refractivity contribution in [2.24, 2.45) is 5.92 Å². The maximum atomic E-state index is 12.5. The molecular weight excluding hydrogens is 308 g/mol. The zero-order chi connectivity index (χ0) is 17.5. The number of nitrogens with one attached hydrogen (secondary N) is 1. The van der Waals surface area contributed by atoms with Crippen LogP contribution in [0, 0.1) is 5.92 Å². The molecule has 0 aromatic heterocycles. The van der Waals surface area contributed by atoms with Gasteiger partial charge in [-0.3, -0.25) is 14.5 Å². The highest BCUT2D eigenvalue weighted by atomic mass is 16.6. The highest BCUT2D eigenvalue weighted by Crippen LogP contribution is 2.34. The van der Waals surface area contributed by atoms with E-state index in [0.29, 0.717) is 11.1 Å². The van der Waals surface area contributed by atoms with E-state index in [1.807, 2.05) is 0 Å². The van der Waals surface area contributed by atoms with Crippen molar-refractivity contribution in [3.63, 3.8) is 0 Å². The highest BCUT2D eigenvalue weighted by Gasteiger charge is 2.41. The number of imide groups is 1. The Labute approximate surface area is 141 Å². The lowest BCUT2D eigenvalue weighted by atomic mass is 10.1. The number of hydrogen-bond acceptors (Lipinski definition) is 4. The Morgan fingerprint density at radius 3 is 2.21 bits per heavy atom. The first-order chi connectivity index (χ1) is 11.3. The minimum Gasteiger partial charge on any atom is -0.444 e. The molecule has 0 unspecified atom stereocenters. The van der Waals surface area contributed by atoms with Gasteiger partial charge in [-0.15, -0.1) is 0 Å². The molecule has 24 heavy (non-hydrogen) atoms. The van der Waals surface area contributed by atoms with Crippen LogP contribution in [-0.2, 0) is 4.74 Å². The molecule has 128 valence electrons. The first kappa shape index (κ1) is 16.5. The summed E-state index contributed by atoms with van der Waals surface area (Å²) >= 11 is 0. The summed E-state index contributed by atoms with van der Waals surface area (Å²) in [6.07, 6.45) is 1.43. The van der Waals surface area contributed by atoms with E-state index in [-0.39, 0.29) is 30.3 Å². The predicted molar refractivity (Wildman–Crippen MR) is 87.7 cm³/mol. The van der Waals surface area contributed by atoms with Crippen molar-refractivity contribution in [2.75, 3.05) is 6.54 Å². The maximum Gasteiger partial charge on any atom is 0.407 e. The van der Waals surface area contributed by atoms with Crippen molar-refractivity contribution in [1.29, 1.82) is 0 Å². The van der Waals surface area contributed by atoms with Gasteiger partial charge in [0.25, 0.3) is 11.8 Å². The Bertz CT molecular complexity index is 654. The molecule has 3 rings (SSSR count). The summed E-state index contributed by atoms with van der Waals surface area (Å²) in [5.41, 5.74) is 0.261. The number of benzene rings is 1. The van der Waals surface area contributed by atoms with Gasteiger partial charge in [0.05, 0.1) is 17.2 Å². The van der Waals surface area contributed by atoms with Gasteiger partial charge in [0.15, 0.2) is 0 Å². The van der Waals surface area contributed by atoms with E-state index in [1.54, 1.807) is 45.0 Å². The third kappa shape index (κ3) is 3.42. The van der Waals surface area contributed by atoms with Crippen LogP contribution >= 0.6 is 0 Å². The molecule has 0 saturated heterocycles. The summed E-state index contributed by atoms with van der Waals surface area (Å²) in [5, 5.41) is 2.82. The number of carbonyl (C=O) groups is 3. The van der Waals surface area contributed by atoms with E-state index >= 15 is 0 Å². The maximum absolute atomic E-state index is 12.5. The second kappa shape index (κ2) is 5.92. The second-order valence-electron chi connectivity index (χ2n) is 7.36. The topological polar surface area (TPSA) is 75.7 Å². The molecule has 1 heterocycles. The van der Waals surface area contributed by atoms with Crippen molar-refractivity contribution < 1.29 is 19.1 Å². The number of nitrogens with zero attached hydrogens (tertiary/aromatic N) is 1. The fraction of sp³-hybridized carbons (Fsp3) is 0.500. The van der Waals surface area contributed by atoms with Gasteiger partial charge in [0, 0.05) is 6.54 Å². The molecular formula is C18H22N2O4. The molecule has 2 aliphatic rings. The molecule has 1 saturated carbocycles. The van der Waals surface area contributed by atoms with Crippen LogP contribution in [-0.4, -0.2) is 41.0 Å². The smallest absolute Gasteiger partial charge is 0.407 e. The summed E-state index contributed by atoms with van der Waals surface area (Å²) in [6, 6.07) is 6.52. The molecule has 1 aromatic rings. The van der Waals surface area contributed by atoms with E-state index in [2.05, 4.69) is 5.32 Å². The van der Waals surface area contributed by atoms with E-state index in [0.717, 1.165) is 12.8 Å². The summed E-state index contributed by atoms with van der Waals surface area (Å²) in [7, 11) is 0. The summed E-state index contributed by atoms with van der Waals surface area (Å²) < 4.78 is 5.29. The van der Waals surface area contributed by atoms with Crippen LogP contribution in [0.15, 0.2) is 24.3 Å². The molecule has 1 aliphatic carbocycles. The van der Waals surface area contributed by atoms with Crippen LogP contribution in [0.2, 0.25) is 0 Å². The second-order valence-corrected chi connectivity index (χ2v) is 7.36. The standard InChI is InChI=1S/C18H22N2O4/c1-18(2,3)24-17(23)19-14(11-8-9-11)10-20-15(21)12-6-4-5-7-13(12)16(20)22/h4-7,11,14H,8-10H2,1-3H3,(H,19,23)/t14-/m0/s1. The Morgan fingerprint density at radius 1 is 1.21 bits per heavy atom. The number of alkyl carbamates (subject to hydrolysis) is 1. The molecule has 6 nitrogen and oxygen atoms in total. The average molecular weight is 330 g/mol. The molecule has 1 fully saturated rings. The van der Waals surface area contributed by atoms with Crippen molar-refractivity contribution in [2.45, 2.75) is 45.3 Å². The lowest BCUT2D eigenvalue weighted by molar-refractivity contribution is 0.0459. The van der Waals surface area contributed by atoms with E-state index in [4.69, 9.17) is 4.74 Å². The molecule has 1 N–H and O–H groups in total. The van der Waals surface area contributed by atoms with Gasteiger partial charge in [-0.1, -0.05) is 12.1 Å². The van der Waals surface area contributed by atoms with Crippen LogP contribution in [0.4, 0.5) is 4.79 Å². The van der Waals surface area contributed by atoms with Crippen molar-refractivity contribution >= 4 is 17.9 Å². The van der Waals surface area contributed by atoms with Gasteiger partial charge in [-0.25, -0.2) is 4.79 Å². The molecule has 6 heteroatoms. The number of rotatable bonds is 4. The monoisotopic (exact) mass is 330 g/mol. The van der Waals surface area contributed by atoms with Crippen LogP contribution < -0.4 is 5.32 Å². The first-order valence-electron chi connectivity index (χ1n) is 8.21. The lowest BCUT2D eigenvalue weighted by Gasteiger charge is -2.26. The van der Waals surface area contributed by atoms with Gasteiger partial charge >= 0.3 is 6.09 Å². The zero-order valence-corrected chi connectivity index (χ0v) is 14.2. The normalized spacial score (nSPS) is 18.4. The molecule has 0 spiro atoms. The van der Waals surface area contributed by atoms with Gasteiger partial charge in [-0.2, -0.15) is 0 Å². The molecule has 3 amide bonds. The van der Waals surface area contributed by atoms with Gasteiger partial charge in [0.2, 0.25) is 0 Å². The number of hydrogen-bond donors (Lipinski definition) is 1. The Balaban J connectivity index is 1.70. The van der Waals surface area contributed by atoms with Crippen LogP contribution in [0.25, 0.3) is 0 Å². The summed E-state index contributed by atoms with van der Waals surface area (Å²) in [5.74, 6) is -0.318. The van der Waals surface area contributed by atoms with Crippen LogP contribution in [0.3, 0.4) is 0 Å². The molecule has 1 aliphatic heterocycles. The molecule has 0 bridgehead atoms. The molecule has 0 radical (unpaired) electrons. The Hall–Kier alpha value is -2.37. The van der Waals surface area contributed by atoms with Crippen LogP contribution in [0.5, 0.6) is 0 Å². The Morgan fingerprint density at radius 2 is 1.75 bits per heavy atom. The average Bonchev–Trinajstić information content (AvgIpc) is 3.30. The minimum absolute atomic E-state index is 0.177. The van der Waals surface area contributed by atoms with Crippen molar-refractivity contribution in [1.82, 2.24) is 10.2 Å². The van der Waals surface area contributed by atoms with Gasteiger partial charge < -0.3 is 10.1 Å². The van der Waals surface area contributed by atoms with Gasteiger partial charge in [-0.05, 0) is 51.7 Å². The quantitative estimate of drug-likeness (QED) is 0.861. The summed E-state index contributed by atoms with van der Waals surface area (Å²) in [4.78, 5) is 38.2. The molecule has 1 aromatic carbocycles. The van der Waals surface area contributed by atoms with E-state index in [9.17, 15) is 14.4 Å². The van der Waals surface area contributed by atoms with E-state index < -0.39 is 11.7 Å². The van der Waals surface area contributed by atoms with Crippen LogP contribution in [0.1, 0.15) is 54.3 Å². The van der Waals surface area contributed by atoms with Crippen molar-refractivity contribution in [3.05, 3.63) is 35.4 Å². The van der Waals surface area contributed by atoms with Crippen molar-refractivity contribution in [3.8, 4) is 0 Å². The van der Waals surface area contributed by atoms with E-state index in [1.165, 1.54) is 4.90 Å².